The molecule has 1 amide bonds. The van der Waals surface area contributed by atoms with E-state index in [1.165, 1.54) is 36.4 Å². The predicted octanol–water partition coefficient (Wildman–Crippen LogP) is 2.40. The van der Waals surface area contributed by atoms with Crippen molar-refractivity contribution < 1.29 is 24.4 Å². The molecule has 8 nitrogen and oxygen atoms in total. The first-order chi connectivity index (χ1) is 11.4. The molecule has 0 aromatic heterocycles. The Bertz CT molecular complexity index is 803. The number of benzene rings is 2. The number of nitro benzene ring substituents is 1. The Labute approximate surface area is 136 Å². The SMILES string of the molecule is Cc1ccc(NC(=O)COC(=O)c2ccccc2O)c([N+](=O)[O-])c1. The van der Waals surface area contributed by atoms with Crippen LogP contribution >= 0.6 is 0 Å². The minimum atomic E-state index is -0.873. The van der Waals surface area contributed by atoms with Gasteiger partial charge >= 0.3 is 5.97 Å². The number of aryl methyl sites for hydroxylation is 1. The average molecular weight is 330 g/mol. The Hall–Kier alpha value is -3.42. The van der Waals surface area contributed by atoms with Gasteiger partial charge in [-0.05, 0) is 30.7 Å². The number of carbonyl (C=O) groups is 2. The number of ether oxygens (including phenoxy) is 1. The van der Waals surface area contributed by atoms with Crippen LogP contribution in [0.1, 0.15) is 15.9 Å². The third-order valence-electron chi connectivity index (χ3n) is 3.08. The lowest BCUT2D eigenvalue weighted by molar-refractivity contribution is -0.384. The van der Waals surface area contributed by atoms with E-state index in [2.05, 4.69) is 5.32 Å². The van der Waals surface area contributed by atoms with Crippen molar-refractivity contribution >= 4 is 23.3 Å². The van der Waals surface area contributed by atoms with Gasteiger partial charge in [-0.25, -0.2) is 4.79 Å². The number of nitrogens with one attached hydrogen (secondary N) is 1. The minimum Gasteiger partial charge on any atom is -0.507 e. The summed E-state index contributed by atoms with van der Waals surface area (Å²) in [6.07, 6.45) is 0. The molecule has 0 aliphatic heterocycles. The van der Waals surface area contributed by atoms with Crippen LogP contribution in [0.25, 0.3) is 0 Å². The molecule has 0 saturated carbocycles. The summed E-state index contributed by atoms with van der Waals surface area (Å²) in [4.78, 5) is 34.0. The lowest BCUT2D eigenvalue weighted by Gasteiger charge is -2.08. The fourth-order valence-corrected chi connectivity index (χ4v) is 1.94. The molecule has 0 atom stereocenters. The molecule has 0 aliphatic carbocycles. The molecule has 0 unspecified atom stereocenters. The average Bonchev–Trinajstić information content (AvgIpc) is 2.54. The molecular formula is C16H14N2O6. The number of carbonyl (C=O) groups excluding carboxylic acids is 2. The summed E-state index contributed by atoms with van der Waals surface area (Å²) in [5.74, 6) is -1.87. The van der Waals surface area contributed by atoms with Crippen molar-refractivity contribution in [3.05, 3.63) is 63.7 Å². The van der Waals surface area contributed by atoms with Crippen molar-refractivity contribution in [3.63, 3.8) is 0 Å². The fourth-order valence-electron chi connectivity index (χ4n) is 1.94. The van der Waals surface area contributed by atoms with Gasteiger partial charge in [0.15, 0.2) is 6.61 Å². The van der Waals surface area contributed by atoms with Crippen LogP contribution in [0, 0.1) is 17.0 Å². The van der Waals surface area contributed by atoms with Crippen LogP contribution in [-0.2, 0) is 9.53 Å². The van der Waals surface area contributed by atoms with Crippen molar-refractivity contribution in [1.29, 1.82) is 0 Å². The molecule has 2 aromatic carbocycles. The maximum atomic E-state index is 11.8. The molecule has 0 saturated heterocycles. The third-order valence-corrected chi connectivity index (χ3v) is 3.08. The fraction of sp³-hybridized carbons (Fsp3) is 0.125. The van der Waals surface area contributed by atoms with Gasteiger partial charge < -0.3 is 15.2 Å². The maximum absolute atomic E-state index is 11.8. The van der Waals surface area contributed by atoms with E-state index in [1.807, 2.05) is 0 Å². The van der Waals surface area contributed by atoms with Gasteiger partial charge in [0.05, 0.1) is 4.92 Å². The number of nitro groups is 1. The Morgan fingerprint density at radius 1 is 1.25 bits per heavy atom. The number of phenolic OH excluding ortho intramolecular Hbond substituents is 1. The highest BCUT2D eigenvalue weighted by Gasteiger charge is 2.18. The highest BCUT2D eigenvalue weighted by atomic mass is 16.6. The first-order valence-corrected chi connectivity index (χ1v) is 6.88. The third kappa shape index (κ3) is 4.07. The summed E-state index contributed by atoms with van der Waals surface area (Å²) < 4.78 is 4.79. The maximum Gasteiger partial charge on any atom is 0.342 e. The Morgan fingerprint density at radius 3 is 2.62 bits per heavy atom. The van der Waals surface area contributed by atoms with E-state index in [1.54, 1.807) is 13.0 Å². The van der Waals surface area contributed by atoms with Crippen molar-refractivity contribution in [3.8, 4) is 5.75 Å². The summed E-state index contributed by atoms with van der Waals surface area (Å²) in [5.41, 5.74) is 0.349. The van der Waals surface area contributed by atoms with Crippen LogP contribution in [0.2, 0.25) is 0 Å². The summed E-state index contributed by atoms with van der Waals surface area (Å²) in [6.45, 7) is 1.05. The second-order valence-electron chi connectivity index (χ2n) is 4.92. The monoisotopic (exact) mass is 330 g/mol. The van der Waals surface area contributed by atoms with Gasteiger partial charge in [-0.2, -0.15) is 0 Å². The summed E-state index contributed by atoms with van der Waals surface area (Å²) in [6, 6.07) is 10.1. The largest absolute Gasteiger partial charge is 0.507 e. The zero-order chi connectivity index (χ0) is 17.7. The number of rotatable bonds is 5. The number of aromatic hydroxyl groups is 1. The molecular weight excluding hydrogens is 316 g/mol. The molecule has 0 radical (unpaired) electrons. The smallest absolute Gasteiger partial charge is 0.342 e. The normalized spacial score (nSPS) is 10.0. The van der Waals surface area contributed by atoms with Crippen molar-refractivity contribution in [2.45, 2.75) is 6.92 Å². The zero-order valence-corrected chi connectivity index (χ0v) is 12.7. The zero-order valence-electron chi connectivity index (χ0n) is 12.7. The van der Waals surface area contributed by atoms with Crippen LogP contribution in [0.15, 0.2) is 42.5 Å². The lowest BCUT2D eigenvalue weighted by Crippen LogP contribution is -2.21. The molecule has 2 N–H and O–H groups in total. The number of nitrogens with zero attached hydrogens (tertiary/aromatic N) is 1. The van der Waals surface area contributed by atoms with Crippen molar-refractivity contribution in [2.24, 2.45) is 0 Å². The first-order valence-electron chi connectivity index (χ1n) is 6.88. The molecule has 124 valence electrons. The number of hydrogen-bond acceptors (Lipinski definition) is 6. The van der Waals surface area contributed by atoms with Crippen LogP contribution in [0.3, 0.4) is 0 Å². The summed E-state index contributed by atoms with van der Waals surface area (Å²) in [7, 11) is 0. The minimum absolute atomic E-state index is 0.00853. The van der Waals surface area contributed by atoms with Crippen LogP contribution in [0.5, 0.6) is 5.75 Å². The molecule has 0 heterocycles. The Morgan fingerprint density at radius 2 is 1.96 bits per heavy atom. The number of hydrogen-bond donors (Lipinski definition) is 2. The first kappa shape index (κ1) is 16.9. The van der Waals surface area contributed by atoms with Gasteiger partial charge in [0.2, 0.25) is 0 Å². The van der Waals surface area contributed by atoms with Gasteiger partial charge in [0.1, 0.15) is 17.0 Å². The highest BCUT2D eigenvalue weighted by molar-refractivity contribution is 5.97. The number of para-hydroxylation sites is 1. The van der Waals surface area contributed by atoms with Crippen molar-refractivity contribution in [1.82, 2.24) is 0 Å². The van der Waals surface area contributed by atoms with Gasteiger partial charge in [-0.15, -0.1) is 0 Å². The molecule has 24 heavy (non-hydrogen) atoms. The molecule has 8 heteroatoms. The van der Waals surface area contributed by atoms with Gasteiger partial charge in [0.25, 0.3) is 11.6 Å². The summed E-state index contributed by atoms with van der Waals surface area (Å²) in [5, 5.41) is 22.8. The number of amides is 1. The van der Waals surface area contributed by atoms with Crippen molar-refractivity contribution in [2.75, 3.05) is 11.9 Å². The quantitative estimate of drug-likeness (QED) is 0.493. The molecule has 2 rings (SSSR count). The van der Waals surface area contributed by atoms with E-state index in [4.69, 9.17) is 4.74 Å². The van der Waals surface area contributed by atoms with Crippen LogP contribution in [0.4, 0.5) is 11.4 Å². The highest BCUT2D eigenvalue weighted by Crippen LogP contribution is 2.25. The molecule has 2 aromatic rings. The predicted molar refractivity (Wildman–Crippen MR) is 84.9 cm³/mol. The molecule has 0 bridgehead atoms. The van der Waals surface area contributed by atoms with Crippen LogP contribution < -0.4 is 5.32 Å². The van der Waals surface area contributed by atoms with Crippen LogP contribution in [-0.4, -0.2) is 28.5 Å². The number of anilines is 1. The van der Waals surface area contributed by atoms with E-state index in [-0.39, 0.29) is 22.7 Å². The van der Waals surface area contributed by atoms with E-state index >= 15 is 0 Å². The van der Waals surface area contributed by atoms with Gasteiger partial charge in [-0.3, -0.25) is 14.9 Å². The van der Waals surface area contributed by atoms with Gasteiger partial charge in [-0.1, -0.05) is 18.2 Å². The van der Waals surface area contributed by atoms with E-state index < -0.39 is 23.4 Å². The topological polar surface area (TPSA) is 119 Å². The van der Waals surface area contributed by atoms with E-state index in [0.29, 0.717) is 5.56 Å². The number of esters is 1. The lowest BCUT2D eigenvalue weighted by atomic mass is 10.2. The summed E-state index contributed by atoms with van der Waals surface area (Å²) >= 11 is 0. The number of phenols is 1. The Balaban J connectivity index is 2.01. The van der Waals surface area contributed by atoms with Gasteiger partial charge in [0, 0.05) is 6.07 Å². The second kappa shape index (κ2) is 7.23. The molecule has 0 aliphatic rings. The molecule has 0 fully saturated rings. The Kier molecular flexibility index (Phi) is 5.10. The second-order valence-corrected chi connectivity index (χ2v) is 4.92. The molecule has 0 spiro atoms. The standard InChI is InChI=1S/C16H14N2O6/c1-10-6-7-12(13(8-10)18(22)23)17-15(20)9-24-16(21)11-4-2-3-5-14(11)19/h2-8,19H,9H2,1H3,(H,17,20). The van der Waals surface area contributed by atoms with E-state index in [0.717, 1.165) is 0 Å². The van der Waals surface area contributed by atoms with E-state index in [9.17, 15) is 24.8 Å².